The highest BCUT2D eigenvalue weighted by molar-refractivity contribution is 6.17. The van der Waals surface area contributed by atoms with Crippen molar-refractivity contribution in [1.29, 1.82) is 0 Å². The Labute approximate surface area is 121 Å². The van der Waals surface area contributed by atoms with Crippen LogP contribution in [-0.2, 0) is 13.5 Å². The molecule has 0 N–H and O–H groups in total. The van der Waals surface area contributed by atoms with E-state index in [1.807, 2.05) is 42.1 Å². The molecule has 0 aliphatic heterocycles. The molecule has 0 aliphatic carbocycles. The molecule has 2 aromatic heterocycles. The first-order valence-corrected chi connectivity index (χ1v) is 6.87. The minimum absolute atomic E-state index is 0.521. The number of rotatable bonds is 4. The van der Waals surface area contributed by atoms with Gasteiger partial charge in [-0.1, -0.05) is 0 Å². The molecule has 5 nitrogen and oxygen atoms in total. The van der Waals surface area contributed by atoms with Gasteiger partial charge in [0.1, 0.15) is 11.6 Å². The molecule has 0 bridgehead atoms. The van der Waals surface area contributed by atoms with Crippen LogP contribution in [0.5, 0.6) is 5.75 Å². The van der Waals surface area contributed by atoms with Gasteiger partial charge in [-0.15, -0.1) is 11.6 Å². The summed E-state index contributed by atoms with van der Waals surface area (Å²) in [4.78, 5) is 4.65. The molecule has 0 unspecified atom stereocenters. The molecule has 0 atom stereocenters. The molecule has 1 aromatic carbocycles. The van der Waals surface area contributed by atoms with Gasteiger partial charge in [-0.25, -0.2) is 4.98 Å². The Hall–Kier alpha value is -2.01. The zero-order valence-corrected chi connectivity index (χ0v) is 12.1. The number of aromatic nitrogens is 4. The zero-order valence-electron chi connectivity index (χ0n) is 11.4. The SMILES string of the molecule is COc1ccc2c(c1)nc(CCCl)n2-c1ccn(C)n1. The summed E-state index contributed by atoms with van der Waals surface area (Å²) in [5, 5.41) is 4.45. The van der Waals surface area contributed by atoms with Crippen LogP contribution in [0, 0.1) is 0 Å². The topological polar surface area (TPSA) is 44.9 Å². The third kappa shape index (κ3) is 2.14. The predicted octanol–water partition coefficient (Wildman–Crippen LogP) is 2.55. The van der Waals surface area contributed by atoms with Crippen LogP contribution < -0.4 is 4.74 Å². The molecule has 0 radical (unpaired) electrons. The number of fused-ring (bicyclic) bond motifs is 1. The van der Waals surface area contributed by atoms with Crippen LogP contribution in [0.25, 0.3) is 16.9 Å². The Bertz CT molecular complexity index is 747. The highest BCUT2D eigenvalue weighted by Crippen LogP contribution is 2.24. The van der Waals surface area contributed by atoms with Crippen LogP contribution in [0.2, 0.25) is 0 Å². The molecule has 0 fully saturated rings. The molecule has 6 heteroatoms. The molecule has 0 aliphatic rings. The second kappa shape index (κ2) is 5.17. The Morgan fingerprint density at radius 2 is 2.15 bits per heavy atom. The summed E-state index contributed by atoms with van der Waals surface area (Å²) in [5.74, 6) is 3.07. The second-order valence-electron chi connectivity index (χ2n) is 4.50. The number of benzene rings is 1. The van der Waals surface area contributed by atoms with E-state index in [1.54, 1.807) is 11.8 Å². The minimum Gasteiger partial charge on any atom is -0.497 e. The van der Waals surface area contributed by atoms with Gasteiger partial charge in [-0.3, -0.25) is 9.25 Å². The first kappa shape index (κ1) is 13.0. The number of hydrogen-bond donors (Lipinski definition) is 0. The van der Waals surface area contributed by atoms with Crippen LogP contribution in [-0.4, -0.2) is 32.3 Å². The molecule has 3 rings (SSSR count). The van der Waals surface area contributed by atoms with E-state index in [9.17, 15) is 0 Å². The van der Waals surface area contributed by atoms with Crippen molar-refractivity contribution in [3.8, 4) is 11.6 Å². The molecule has 0 spiro atoms. The van der Waals surface area contributed by atoms with Gasteiger partial charge < -0.3 is 4.74 Å². The third-order valence-electron chi connectivity index (χ3n) is 3.18. The van der Waals surface area contributed by atoms with Crippen molar-refractivity contribution in [3.05, 3.63) is 36.3 Å². The summed E-state index contributed by atoms with van der Waals surface area (Å²) in [6.45, 7) is 0. The standard InChI is InChI=1S/C14H15ClN4O/c1-18-8-6-14(17-18)19-12-4-3-10(20-2)9-11(12)16-13(19)5-7-15/h3-4,6,8-9H,5,7H2,1-2H3. The van der Waals surface area contributed by atoms with E-state index in [4.69, 9.17) is 16.3 Å². The summed E-state index contributed by atoms with van der Waals surface area (Å²) in [6.07, 6.45) is 2.60. The quantitative estimate of drug-likeness (QED) is 0.694. The van der Waals surface area contributed by atoms with Gasteiger partial charge in [0.2, 0.25) is 0 Å². The van der Waals surface area contributed by atoms with Gasteiger partial charge in [-0.2, -0.15) is 5.10 Å². The van der Waals surface area contributed by atoms with Gasteiger partial charge in [0.05, 0.1) is 18.1 Å². The molecule has 0 amide bonds. The molecule has 0 saturated carbocycles. The largest absolute Gasteiger partial charge is 0.497 e. The van der Waals surface area contributed by atoms with E-state index in [0.717, 1.165) is 28.4 Å². The van der Waals surface area contributed by atoms with Crippen molar-refractivity contribution in [3.63, 3.8) is 0 Å². The van der Waals surface area contributed by atoms with Crippen molar-refractivity contribution in [2.45, 2.75) is 6.42 Å². The number of methoxy groups -OCH3 is 1. The monoisotopic (exact) mass is 290 g/mol. The molecular weight excluding hydrogens is 276 g/mol. The predicted molar refractivity (Wildman–Crippen MR) is 78.8 cm³/mol. The van der Waals surface area contributed by atoms with Crippen LogP contribution in [0.4, 0.5) is 0 Å². The van der Waals surface area contributed by atoms with Crippen molar-refractivity contribution >= 4 is 22.6 Å². The van der Waals surface area contributed by atoms with E-state index < -0.39 is 0 Å². The first-order valence-electron chi connectivity index (χ1n) is 6.34. The summed E-state index contributed by atoms with van der Waals surface area (Å²) in [5.41, 5.74) is 1.89. The molecule has 0 saturated heterocycles. The van der Waals surface area contributed by atoms with Gasteiger partial charge in [0, 0.05) is 37.7 Å². The highest BCUT2D eigenvalue weighted by atomic mass is 35.5. The fourth-order valence-electron chi connectivity index (χ4n) is 2.27. The van der Waals surface area contributed by atoms with Crippen LogP contribution >= 0.6 is 11.6 Å². The van der Waals surface area contributed by atoms with E-state index in [1.165, 1.54) is 0 Å². The average Bonchev–Trinajstić information content (AvgIpc) is 3.01. The Balaban J connectivity index is 2.23. The number of halogens is 1. The summed E-state index contributed by atoms with van der Waals surface area (Å²) in [6, 6.07) is 7.80. The Morgan fingerprint density at radius 1 is 1.30 bits per heavy atom. The van der Waals surface area contributed by atoms with E-state index in [-0.39, 0.29) is 0 Å². The average molecular weight is 291 g/mol. The van der Waals surface area contributed by atoms with Crippen LogP contribution in [0.3, 0.4) is 0 Å². The number of alkyl halides is 1. The normalized spacial score (nSPS) is 11.2. The lowest BCUT2D eigenvalue weighted by molar-refractivity contribution is 0.415. The van der Waals surface area contributed by atoms with Gasteiger partial charge in [0.25, 0.3) is 0 Å². The van der Waals surface area contributed by atoms with Crippen LogP contribution in [0.1, 0.15) is 5.82 Å². The zero-order chi connectivity index (χ0) is 14.1. The van der Waals surface area contributed by atoms with Gasteiger partial charge in [0.15, 0.2) is 5.82 Å². The van der Waals surface area contributed by atoms with E-state index in [2.05, 4.69) is 10.1 Å². The smallest absolute Gasteiger partial charge is 0.160 e. The maximum atomic E-state index is 5.88. The van der Waals surface area contributed by atoms with E-state index in [0.29, 0.717) is 12.3 Å². The van der Waals surface area contributed by atoms with Crippen molar-refractivity contribution in [2.75, 3.05) is 13.0 Å². The summed E-state index contributed by atoms with van der Waals surface area (Å²) < 4.78 is 9.06. The van der Waals surface area contributed by atoms with Gasteiger partial charge in [-0.05, 0) is 12.1 Å². The lowest BCUT2D eigenvalue weighted by Gasteiger charge is -2.05. The molecule has 104 valence electrons. The number of imidazole rings is 1. The summed E-state index contributed by atoms with van der Waals surface area (Å²) >= 11 is 5.88. The highest BCUT2D eigenvalue weighted by Gasteiger charge is 2.14. The number of nitrogens with zero attached hydrogens (tertiary/aromatic N) is 4. The lowest BCUT2D eigenvalue weighted by Crippen LogP contribution is -2.03. The first-order chi connectivity index (χ1) is 9.72. The van der Waals surface area contributed by atoms with Crippen molar-refractivity contribution in [1.82, 2.24) is 19.3 Å². The Kier molecular flexibility index (Phi) is 3.36. The van der Waals surface area contributed by atoms with Gasteiger partial charge >= 0.3 is 0 Å². The summed E-state index contributed by atoms with van der Waals surface area (Å²) in [7, 11) is 3.55. The number of hydrogen-bond acceptors (Lipinski definition) is 3. The van der Waals surface area contributed by atoms with E-state index >= 15 is 0 Å². The molecule has 2 heterocycles. The maximum absolute atomic E-state index is 5.88. The fraction of sp³-hybridized carbons (Fsp3) is 0.286. The second-order valence-corrected chi connectivity index (χ2v) is 4.88. The number of aryl methyl sites for hydroxylation is 2. The fourth-order valence-corrected chi connectivity index (χ4v) is 2.44. The number of ether oxygens (including phenoxy) is 1. The Morgan fingerprint density at radius 3 is 2.80 bits per heavy atom. The van der Waals surface area contributed by atoms with Crippen molar-refractivity contribution in [2.24, 2.45) is 7.05 Å². The molecular formula is C14H15ClN4O. The minimum atomic E-state index is 0.521. The lowest BCUT2D eigenvalue weighted by atomic mass is 10.3. The molecule has 20 heavy (non-hydrogen) atoms. The third-order valence-corrected chi connectivity index (χ3v) is 3.37. The molecule has 3 aromatic rings. The maximum Gasteiger partial charge on any atom is 0.160 e. The van der Waals surface area contributed by atoms with Crippen molar-refractivity contribution < 1.29 is 4.74 Å². The van der Waals surface area contributed by atoms with Crippen LogP contribution in [0.15, 0.2) is 30.5 Å².